The SMILES string of the molecule is C[C@H](CNc1ccc([N+](=O)[O-])c(C#N)c1)CN1CCOCC1. The number of nitro benzene ring substituents is 1. The van der Waals surface area contributed by atoms with Gasteiger partial charge in [-0.3, -0.25) is 15.0 Å². The second-order valence-corrected chi connectivity index (χ2v) is 5.50. The molecule has 0 aromatic heterocycles. The van der Waals surface area contributed by atoms with Crippen molar-refractivity contribution in [2.45, 2.75) is 6.92 Å². The Morgan fingerprint density at radius 1 is 1.50 bits per heavy atom. The lowest BCUT2D eigenvalue weighted by Gasteiger charge is -2.29. The van der Waals surface area contributed by atoms with E-state index < -0.39 is 4.92 Å². The van der Waals surface area contributed by atoms with E-state index in [0.29, 0.717) is 5.92 Å². The minimum absolute atomic E-state index is 0.0795. The summed E-state index contributed by atoms with van der Waals surface area (Å²) in [6, 6.07) is 6.40. The molecule has 1 N–H and O–H groups in total. The monoisotopic (exact) mass is 304 g/mol. The highest BCUT2D eigenvalue weighted by Gasteiger charge is 2.15. The quantitative estimate of drug-likeness (QED) is 0.637. The van der Waals surface area contributed by atoms with Gasteiger partial charge >= 0.3 is 0 Å². The number of nitriles is 1. The molecule has 0 unspecified atom stereocenters. The van der Waals surface area contributed by atoms with Crippen molar-refractivity contribution in [2.24, 2.45) is 5.92 Å². The Balaban J connectivity index is 1.88. The molecule has 1 heterocycles. The van der Waals surface area contributed by atoms with E-state index in [2.05, 4.69) is 17.1 Å². The molecule has 7 nitrogen and oxygen atoms in total. The predicted molar refractivity (Wildman–Crippen MR) is 82.7 cm³/mol. The van der Waals surface area contributed by atoms with Gasteiger partial charge in [0.25, 0.3) is 5.69 Å². The number of hydrogen-bond acceptors (Lipinski definition) is 6. The maximum Gasteiger partial charge on any atom is 0.287 e. The summed E-state index contributed by atoms with van der Waals surface area (Å²) in [5.74, 6) is 0.429. The zero-order valence-corrected chi connectivity index (χ0v) is 12.6. The first kappa shape index (κ1) is 16.2. The van der Waals surface area contributed by atoms with Crippen molar-refractivity contribution in [3.8, 4) is 6.07 Å². The van der Waals surface area contributed by atoms with Gasteiger partial charge < -0.3 is 10.1 Å². The first-order valence-corrected chi connectivity index (χ1v) is 7.32. The molecule has 118 valence electrons. The molecule has 7 heteroatoms. The van der Waals surface area contributed by atoms with Gasteiger partial charge in [0.1, 0.15) is 11.6 Å². The van der Waals surface area contributed by atoms with Gasteiger partial charge in [0.2, 0.25) is 0 Å². The van der Waals surface area contributed by atoms with Crippen LogP contribution >= 0.6 is 0 Å². The highest BCUT2D eigenvalue weighted by Crippen LogP contribution is 2.22. The third kappa shape index (κ3) is 4.41. The second kappa shape index (κ2) is 7.73. The fourth-order valence-corrected chi connectivity index (χ4v) is 2.48. The zero-order chi connectivity index (χ0) is 15.9. The molecule has 1 aromatic rings. The van der Waals surface area contributed by atoms with Crippen LogP contribution in [-0.4, -0.2) is 49.2 Å². The van der Waals surface area contributed by atoms with E-state index in [1.807, 2.05) is 6.07 Å². The average Bonchev–Trinajstić information content (AvgIpc) is 2.53. The highest BCUT2D eigenvalue weighted by atomic mass is 16.6. The van der Waals surface area contributed by atoms with E-state index in [-0.39, 0.29) is 11.3 Å². The van der Waals surface area contributed by atoms with Gasteiger partial charge in [-0.05, 0) is 18.1 Å². The zero-order valence-electron chi connectivity index (χ0n) is 12.6. The standard InChI is InChI=1S/C15H20N4O3/c1-12(11-18-4-6-22-7-5-18)10-17-14-2-3-15(19(20)21)13(8-14)9-16/h2-3,8,12,17H,4-7,10-11H2,1H3/t12-/m1/s1. The third-order valence-corrected chi connectivity index (χ3v) is 3.64. The van der Waals surface area contributed by atoms with E-state index in [1.165, 1.54) is 12.1 Å². The van der Waals surface area contributed by atoms with E-state index in [9.17, 15) is 10.1 Å². The number of morpholine rings is 1. The maximum atomic E-state index is 10.8. The highest BCUT2D eigenvalue weighted by molar-refractivity contribution is 5.58. The number of hydrogen-bond donors (Lipinski definition) is 1. The molecule has 1 aromatic carbocycles. The lowest BCUT2D eigenvalue weighted by molar-refractivity contribution is -0.385. The van der Waals surface area contributed by atoms with Gasteiger partial charge in [0.15, 0.2) is 0 Å². The van der Waals surface area contributed by atoms with Gasteiger partial charge in [-0.15, -0.1) is 0 Å². The summed E-state index contributed by atoms with van der Waals surface area (Å²) >= 11 is 0. The van der Waals surface area contributed by atoms with Crippen molar-refractivity contribution in [1.82, 2.24) is 4.90 Å². The van der Waals surface area contributed by atoms with Gasteiger partial charge in [0.05, 0.1) is 18.1 Å². The van der Waals surface area contributed by atoms with E-state index in [1.54, 1.807) is 6.07 Å². The molecule has 1 atom stereocenters. The van der Waals surface area contributed by atoms with Crippen molar-refractivity contribution in [1.29, 1.82) is 5.26 Å². The Kier molecular flexibility index (Phi) is 5.69. The molecule has 1 fully saturated rings. The molecule has 1 aliphatic heterocycles. The summed E-state index contributed by atoms with van der Waals surface area (Å²) in [5.41, 5.74) is 0.654. The number of nitrogens with zero attached hydrogens (tertiary/aromatic N) is 3. The van der Waals surface area contributed by atoms with Crippen molar-refractivity contribution >= 4 is 11.4 Å². The van der Waals surface area contributed by atoms with Crippen LogP contribution in [0.3, 0.4) is 0 Å². The summed E-state index contributed by atoms with van der Waals surface area (Å²) in [6.07, 6.45) is 0. The van der Waals surface area contributed by atoms with Crippen LogP contribution in [0.1, 0.15) is 12.5 Å². The Bertz CT molecular complexity index is 564. The van der Waals surface area contributed by atoms with Crippen LogP contribution in [-0.2, 0) is 4.74 Å². The Hall–Kier alpha value is -2.17. The average molecular weight is 304 g/mol. The van der Waals surface area contributed by atoms with Gasteiger partial charge in [-0.2, -0.15) is 5.26 Å². The maximum absolute atomic E-state index is 10.8. The smallest absolute Gasteiger partial charge is 0.287 e. The molecule has 1 saturated heterocycles. The van der Waals surface area contributed by atoms with Crippen LogP contribution in [0.15, 0.2) is 18.2 Å². The van der Waals surface area contributed by atoms with Gasteiger partial charge in [0, 0.05) is 37.9 Å². The fourth-order valence-electron chi connectivity index (χ4n) is 2.48. The minimum Gasteiger partial charge on any atom is -0.385 e. The van der Waals surface area contributed by atoms with E-state index in [4.69, 9.17) is 10.00 Å². The largest absolute Gasteiger partial charge is 0.385 e. The summed E-state index contributed by atoms with van der Waals surface area (Å²) in [7, 11) is 0. The Morgan fingerprint density at radius 2 is 2.23 bits per heavy atom. The number of benzene rings is 1. The van der Waals surface area contributed by atoms with Crippen molar-refractivity contribution in [3.63, 3.8) is 0 Å². The number of ether oxygens (including phenoxy) is 1. The van der Waals surface area contributed by atoms with Gasteiger partial charge in [-0.25, -0.2) is 0 Å². The fraction of sp³-hybridized carbons (Fsp3) is 0.533. The number of nitro groups is 1. The molecule has 0 radical (unpaired) electrons. The van der Waals surface area contributed by atoms with Crippen molar-refractivity contribution in [3.05, 3.63) is 33.9 Å². The topological polar surface area (TPSA) is 91.4 Å². The third-order valence-electron chi connectivity index (χ3n) is 3.64. The molecule has 22 heavy (non-hydrogen) atoms. The molecule has 1 aliphatic rings. The molecule has 0 bridgehead atoms. The van der Waals surface area contributed by atoms with Crippen LogP contribution in [0.2, 0.25) is 0 Å². The molecule has 0 saturated carbocycles. The predicted octanol–water partition coefficient (Wildman–Crippen LogP) is 1.85. The number of rotatable bonds is 6. The Morgan fingerprint density at radius 3 is 2.86 bits per heavy atom. The number of anilines is 1. The number of nitrogens with one attached hydrogen (secondary N) is 1. The molecule has 0 spiro atoms. The van der Waals surface area contributed by atoms with Crippen molar-refractivity contribution < 1.29 is 9.66 Å². The first-order valence-electron chi connectivity index (χ1n) is 7.32. The van der Waals surface area contributed by atoms with Crippen LogP contribution in [0.25, 0.3) is 0 Å². The van der Waals surface area contributed by atoms with E-state index >= 15 is 0 Å². The molecule has 0 aliphatic carbocycles. The van der Waals surface area contributed by atoms with Crippen LogP contribution in [0, 0.1) is 27.4 Å². The first-order chi connectivity index (χ1) is 10.6. The molecule has 2 rings (SSSR count). The van der Waals surface area contributed by atoms with E-state index in [0.717, 1.165) is 45.1 Å². The minimum atomic E-state index is -0.538. The lowest BCUT2D eigenvalue weighted by Crippen LogP contribution is -2.40. The second-order valence-electron chi connectivity index (χ2n) is 5.50. The van der Waals surface area contributed by atoms with Crippen LogP contribution in [0.5, 0.6) is 0 Å². The molecular weight excluding hydrogens is 284 g/mol. The van der Waals surface area contributed by atoms with Crippen LogP contribution < -0.4 is 5.32 Å². The van der Waals surface area contributed by atoms with Gasteiger partial charge in [-0.1, -0.05) is 6.92 Å². The molecular formula is C15H20N4O3. The molecule has 0 amide bonds. The summed E-state index contributed by atoms with van der Waals surface area (Å²) < 4.78 is 5.32. The normalized spacial score (nSPS) is 16.7. The summed E-state index contributed by atoms with van der Waals surface area (Å²) in [5, 5.41) is 23.0. The van der Waals surface area contributed by atoms with Crippen LogP contribution in [0.4, 0.5) is 11.4 Å². The summed E-state index contributed by atoms with van der Waals surface area (Å²) in [6.45, 7) is 7.37. The summed E-state index contributed by atoms with van der Waals surface area (Å²) in [4.78, 5) is 12.6. The lowest BCUT2D eigenvalue weighted by atomic mass is 10.1. The Labute approximate surface area is 129 Å². The van der Waals surface area contributed by atoms with Crippen molar-refractivity contribution in [2.75, 3.05) is 44.7 Å².